The van der Waals surface area contributed by atoms with E-state index in [2.05, 4.69) is 73.2 Å². The maximum absolute atomic E-state index is 5.95. The van der Waals surface area contributed by atoms with E-state index in [-0.39, 0.29) is 0 Å². The van der Waals surface area contributed by atoms with Gasteiger partial charge in [0.1, 0.15) is 11.5 Å². The summed E-state index contributed by atoms with van der Waals surface area (Å²) < 4.78 is 7.02. The largest absolute Gasteiger partial charge is 0.457 e. The number of rotatable bonds is 5. The molecule has 0 atom stereocenters. The lowest BCUT2D eigenvalue weighted by Crippen LogP contribution is -2.21. The molecule has 0 bridgehead atoms. The molecule has 0 aliphatic heterocycles. The molecule has 0 aromatic heterocycles. The Hall–Kier alpha value is -1.32. The summed E-state index contributed by atoms with van der Waals surface area (Å²) in [6.07, 6.45) is 0. The first kappa shape index (κ1) is 16.1. The first-order valence-corrected chi connectivity index (χ1v) is 8.01. The third-order valence-corrected chi connectivity index (χ3v) is 3.89. The smallest absolute Gasteiger partial charge is 0.128 e. The third kappa shape index (κ3) is 4.87. The Bertz CT molecular complexity index is 602. The predicted molar refractivity (Wildman–Crippen MR) is 92.1 cm³/mol. The Morgan fingerprint density at radius 1 is 1.00 bits per heavy atom. The summed E-state index contributed by atoms with van der Waals surface area (Å²) in [6.45, 7) is 9.30. The van der Waals surface area contributed by atoms with Crippen LogP contribution in [0.4, 0.5) is 0 Å². The maximum Gasteiger partial charge on any atom is 0.128 e. The maximum atomic E-state index is 5.95. The van der Waals surface area contributed by atoms with Crippen LogP contribution in [0.25, 0.3) is 0 Å². The number of hydrogen-bond donors (Lipinski definition) is 1. The van der Waals surface area contributed by atoms with Gasteiger partial charge in [-0.1, -0.05) is 41.9 Å². The molecule has 0 spiro atoms. The molecule has 1 N–H and O–H groups in total. The van der Waals surface area contributed by atoms with Crippen LogP contribution >= 0.6 is 15.9 Å². The van der Waals surface area contributed by atoms with Crippen LogP contribution in [0.1, 0.15) is 30.5 Å². The summed E-state index contributed by atoms with van der Waals surface area (Å²) in [6, 6.07) is 12.9. The average molecular weight is 348 g/mol. The van der Waals surface area contributed by atoms with Crippen molar-refractivity contribution >= 4 is 15.9 Å². The number of hydrogen-bond acceptors (Lipinski definition) is 2. The molecule has 0 fully saturated rings. The predicted octanol–water partition coefficient (Wildman–Crippen LogP) is 5.36. The molecule has 3 heteroatoms. The molecule has 0 aliphatic rings. The molecule has 0 unspecified atom stereocenters. The van der Waals surface area contributed by atoms with Crippen molar-refractivity contribution in [3.8, 4) is 11.5 Å². The lowest BCUT2D eigenvalue weighted by atomic mass is 10.1. The highest BCUT2D eigenvalue weighted by molar-refractivity contribution is 9.10. The Morgan fingerprint density at radius 3 is 2.24 bits per heavy atom. The zero-order chi connectivity index (χ0) is 15.4. The van der Waals surface area contributed by atoms with Gasteiger partial charge in [0.25, 0.3) is 0 Å². The molecule has 0 radical (unpaired) electrons. The van der Waals surface area contributed by atoms with E-state index in [4.69, 9.17) is 4.74 Å². The van der Waals surface area contributed by atoms with Gasteiger partial charge in [0.15, 0.2) is 0 Å². The summed E-state index contributed by atoms with van der Waals surface area (Å²) in [5.74, 6) is 1.73. The van der Waals surface area contributed by atoms with Crippen LogP contribution in [-0.4, -0.2) is 6.04 Å². The van der Waals surface area contributed by atoms with Crippen LogP contribution in [0.2, 0.25) is 0 Å². The molecule has 0 aliphatic carbocycles. The highest BCUT2D eigenvalue weighted by atomic mass is 79.9. The molecule has 0 amide bonds. The number of aryl methyl sites for hydroxylation is 2. The van der Waals surface area contributed by atoms with E-state index in [1.165, 1.54) is 16.7 Å². The van der Waals surface area contributed by atoms with Crippen LogP contribution in [0.15, 0.2) is 40.9 Å². The molecule has 0 saturated carbocycles. The molecule has 21 heavy (non-hydrogen) atoms. The Morgan fingerprint density at radius 2 is 1.67 bits per heavy atom. The van der Waals surface area contributed by atoms with E-state index in [0.717, 1.165) is 22.5 Å². The molecule has 0 heterocycles. The molecule has 112 valence electrons. The zero-order valence-electron chi connectivity index (χ0n) is 13.0. The molecule has 2 aromatic rings. The summed E-state index contributed by atoms with van der Waals surface area (Å²) in [5, 5.41) is 3.42. The van der Waals surface area contributed by atoms with Gasteiger partial charge in [0, 0.05) is 17.1 Å². The van der Waals surface area contributed by atoms with Gasteiger partial charge in [0.2, 0.25) is 0 Å². The van der Waals surface area contributed by atoms with Crippen molar-refractivity contribution in [1.29, 1.82) is 0 Å². The molecule has 0 saturated heterocycles. The Labute approximate surface area is 135 Å². The standard InChI is InChI=1S/C18H22BrNO/c1-12(2)20-11-15-5-6-16(10-18(15)19)21-17-8-13(3)7-14(4)9-17/h5-10,12,20H,11H2,1-4H3. The first-order valence-electron chi connectivity index (χ1n) is 7.22. The number of ether oxygens (including phenoxy) is 1. The zero-order valence-corrected chi connectivity index (χ0v) is 14.6. The van der Waals surface area contributed by atoms with E-state index in [0.29, 0.717) is 6.04 Å². The van der Waals surface area contributed by atoms with Crippen molar-refractivity contribution in [3.63, 3.8) is 0 Å². The second-order valence-corrected chi connectivity index (χ2v) is 6.57. The van der Waals surface area contributed by atoms with E-state index in [1.807, 2.05) is 12.1 Å². The first-order chi connectivity index (χ1) is 9.94. The number of halogens is 1. The fourth-order valence-corrected chi connectivity index (χ4v) is 2.67. The van der Waals surface area contributed by atoms with Gasteiger partial charge in [-0.15, -0.1) is 0 Å². The van der Waals surface area contributed by atoms with Crippen LogP contribution in [0.3, 0.4) is 0 Å². The van der Waals surface area contributed by atoms with Crippen LogP contribution in [0.5, 0.6) is 11.5 Å². The Balaban J connectivity index is 2.12. The van der Waals surface area contributed by atoms with Crippen molar-refractivity contribution in [2.24, 2.45) is 0 Å². The Kier molecular flexibility index (Phi) is 5.43. The van der Waals surface area contributed by atoms with E-state index >= 15 is 0 Å². The normalized spacial score (nSPS) is 11.0. The van der Waals surface area contributed by atoms with Gasteiger partial charge in [-0.3, -0.25) is 0 Å². The molecule has 2 aromatic carbocycles. The van der Waals surface area contributed by atoms with Crippen molar-refractivity contribution in [3.05, 3.63) is 57.6 Å². The molecular weight excluding hydrogens is 326 g/mol. The monoisotopic (exact) mass is 347 g/mol. The third-order valence-electron chi connectivity index (χ3n) is 3.16. The quantitative estimate of drug-likeness (QED) is 0.786. The summed E-state index contributed by atoms with van der Waals surface area (Å²) >= 11 is 3.62. The molecular formula is C18H22BrNO. The summed E-state index contributed by atoms with van der Waals surface area (Å²) in [4.78, 5) is 0. The summed E-state index contributed by atoms with van der Waals surface area (Å²) in [7, 11) is 0. The van der Waals surface area contributed by atoms with Crippen LogP contribution in [-0.2, 0) is 6.54 Å². The van der Waals surface area contributed by atoms with Crippen LogP contribution < -0.4 is 10.1 Å². The highest BCUT2D eigenvalue weighted by Crippen LogP contribution is 2.28. The van der Waals surface area contributed by atoms with E-state index < -0.39 is 0 Å². The highest BCUT2D eigenvalue weighted by Gasteiger charge is 2.05. The topological polar surface area (TPSA) is 21.3 Å². The fourth-order valence-electron chi connectivity index (χ4n) is 2.18. The summed E-state index contributed by atoms with van der Waals surface area (Å²) in [5.41, 5.74) is 3.65. The minimum Gasteiger partial charge on any atom is -0.457 e. The second-order valence-electron chi connectivity index (χ2n) is 5.71. The minimum atomic E-state index is 0.475. The minimum absolute atomic E-state index is 0.475. The average Bonchev–Trinajstić information content (AvgIpc) is 2.36. The van der Waals surface area contributed by atoms with Gasteiger partial charge in [-0.05, 0) is 54.8 Å². The lowest BCUT2D eigenvalue weighted by Gasteiger charge is -2.12. The number of benzene rings is 2. The molecule has 2 rings (SSSR count). The van der Waals surface area contributed by atoms with E-state index in [9.17, 15) is 0 Å². The van der Waals surface area contributed by atoms with E-state index in [1.54, 1.807) is 0 Å². The van der Waals surface area contributed by atoms with Crippen molar-refractivity contribution in [2.75, 3.05) is 0 Å². The van der Waals surface area contributed by atoms with Gasteiger partial charge >= 0.3 is 0 Å². The number of nitrogens with one attached hydrogen (secondary N) is 1. The van der Waals surface area contributed by atoms with Crippen molar-refractivity contribution in [2.45, 2.75) is 40.3 Å². The van der Waals surface area contributed by atoms with Gasteiger partial charge in [-0.2, -0.15) is 0 Å². The van der Waals surface area contributed by atoms with Gasteiger partial charge in [-0.25, -0.2) is 0 Å². The van der Waals surface area contributed by atoms with Crippen molar-refractivity contribution in [1.82, 2.24) is 5.32 Å². The van der Waals surface area contributed by atoms with Crippen molar-refractivity contribution < 1.29 is 4.74 Å². The van der Waals surface area contributed by atoms with Gasteiger partial charge < -0.3 is 10.1 Å². The fraction of sp³-hybridized carbons (Fsp3) is 0.333. The lowest BCUT2D eigenvalue weighted by molar-refractivity contribution is 0.481. The molecule has 2 nitrogen and oxygen atoms in total. The SMILES string of the molecule is Cc1cc(C)cc(Oc2ccc(CNC(C)C)c(Br)c2)c1. The second kappa shape index (κ2) is 7.10. The van der Waals surface area contributed by atoms with Crippen LogP contribution in [0, 0.1) is 13.8 Å². The van der Waals surface area contributed by atoms with Gasteiger partial charge in [0.05, 0.1) is 0 Å².